The van der Waals surface area contributed by atoms with Gasteiger partial charge in [0.15, 0.2) is 5.13 Å². The van der Waals surface area contributed by atoms with Gasteiger partial charge in [-0.2, -0.15) is 0 Å². The molecule has 1 saturated carbocycles. The first-order valence-electron chi connectivity index (χ1n) is 8.94. The summed E-state index contributed by atoms with van der Waals surface area (Å²) in [6, 6.07) is 8.59. The zero-order chi connectivity index (χ0) is 19.7. The summed E-state index contributed by atoms with van der Waals surface area (Å²) in [5, 5.41) is 5.14. The van der Waals surface area contributed by atoms with Crippen molar-refractivity contribution in [3.63, 3.8) is 0 Å². The first-order valence-corrected chi connectivity index (χ1v) is 12.1. The number of carbonyl (C=O) groups is 1. The molecule has 2 heterocycles. The van der Waals surface area contributed by atoms with E-state index in [-0.39, 0.29) is 22.1 Å². The first-order chi connectivity index (χ1) is 13.4. The zero-order valence-electron chi connectivity index (χ0n) is 14.9. The number of hydrogen-bond donors (Lipinski definition) is 3. The SMILES string of the molecule is NC1CCC(C(=O)Nc2nc3ccc(NS(=O)(=O)c4cccs4)cc3s2)CC1. The van der Waals surface area contributed by atoms with Gasteiger partial charge in [-0.05, 0) is 55.3 Å². The van der Waals surface area contributed by atoms with E-state index in [1.807, 2.05) is 0 Å². The van der Waals surface area contributed by atoms with Crippen LogP contribution in [0.4, 0.5) is 10.8 Å². The molecule has 0 radical (unpaired) electrons. The number of fused-ring (bicyclic) bond motifs is 1. The van der Waals surface area contributed by atoms with Crippen LogP contribution in [0.5, 0.6) is 0 Å². The summed E-state index contributed by atoms with van der Waals surface area (Å²) in [7, 11) is -3.60. The Morgan fingerprint density at radius 2 is 1.96 bits per heavy atom. The molecule has 148 valence electrons. The molecule has 7 nitrogen and oxygen atoms in total. The van der Waals surface area contributed by atoms with E-state index in [0.717, 1.165) is 41.7 Å². The molecule has 3 aromatic rings. The van der Waals surface area contributed by atoms with Gasteiger partial charge in [0.25, 0.3) is 10.0 Å². The molecule has 1 aliphatic rings. The minimum atomic E-state index is -3.60. The molecule has 1 aliphatic carbocycles. The van der Waals surface area contributed by atoms with Crippen molar-refractivity contribution < 1.29 is 13.2 Å². The van der Waals surface area contributed by atoms with E-state index in [1.165, 1.54) is 11.3 Å². The lowest BCUT2D eigenvalue weighted by atomic mass is 9.86. The third kappa shape index (κ3) is 4.19. The molecule has 0 spiro atoms. The number of rotatable bonds is 5. The van der Waals surface area contributed by atoms with Gasteiger partial charge in [-0.25, -0.2) is 13.4 Å². The molecule has 0 atom stereocenters. The minimum absolute atomic E-state index is 0.0235. The monoisotopic (exact) mass is 436 g/mol. The number of nitrogens with one attached hydrogen (secondary N) is 2. The number of carbonyl (C=O) groups excluding carboxylic acids is 1. The van der Waals surface area contributed by atoms with Gasteiger partial charge in [0.2, 0.25) is 5.91 Å². The van der Waals surface area contributed by atoms with Crippen LogP contribution in [-0.4, -0.2) is 25.4 Å². The van der Waals surface area contributed by atoms with Crippen molar-refractivity contribution >= 4 is 59.6 Å². The van der Waals surface area contributed by atoms with E-state index >= 15 is 0 Å². The Morgan fingerprint density at radius 1 is 1.18 bits per heavy atom. The maximum atomic E-state index is 12.5. The summed E-state index contributed by atoms with van der Waals surface area (Å²) >= 11 is 2.49. The Kier molecular flexibility index (Phi) is 5.37. The van der Waals surface area contributed by atoms with E-state index in [1.54, 1.807) is 35.7 Å². The lowest BCUT2D eigenvalue weighted by Crippen LogP contribution is -2.32. The summed E-state index contributed by atoms with van der Waals surface area (Å²) in [6.45, 7) is 0. The highest BCUT2D eigenvalue weighted by Crippen LogP contribution is 2.31. The Hall–Kier alpha value is -2.01. The second-order valence-electron chi connectivity index (χ2n) is 6.84. The Bertz CT molecular complexity index is 1080. The minimum Gasteiger partial charge on any atom is -0.328 e. The topological polar surface area (TPSA) is 114 Å². The predicted molar refractivity (Wildman–Crippen MR) is 113 cm³/mol. The zero-order valence-corrected chi connectivity index (χ0v) is 17.4. The number of nitrogens with two attached hydrogens (primary N) is 1. The predicted octanol–water partition coefficient (Wildman–Crippen LogP) is 3.61. The van der Waals surface area contributed by atoms with Crippen molar-refractivity contribution in [2.24, 2.45) is 11.7 Å². The molecule has 28 heavy (non-hydrogen) atoms. The maximum absolute atomic E-state index is 12.5. The molecule has 1 aromatic carbocycles. The van der Waals surface area contributed by atoms with Crippen LogP contribution in [0.1, 0.15) is 25.7 Å². The molecule has 0 bridgehead atoms. The quantitative estimate of drug-likeness (QED) is 0.565. The number of sulfonamides is 1. The first kappa shape index (κ1) is 19.3. The molecule has 1 fully saturated rings. The number of hydrogen-bond acceptors (Lipinski definition) is 7. The third-order valence-corrected chi connectivity index (χ3v) is 8.49. The van der Waals surface area contributed by atoms with Crippen LogP contribution in [0.3, 0.4) is 0 Å². The van der Waals surface area contributed by atoms with E-state index in [2.05, 4.69) is 15.0 Å². The summed E-state index contributed by atoms with van der Waals surface area (Å²) in [5.74, 6) is -0.0513. The summed E-state index contributed by atoms with van der Waals surface area (Å²) in [6.07, 6.45) is 3.33. The fourth-order valence-corrected chi connectivity index (χ4v) is 6.20. The van der Waals surface area contributed by atoms with Gasteiger partial charge >= 0.3 is 0 Å². The van der Waals surface area contributed by atoms with Crippen molar-refractivity contribution in [1.29, 1.82) is 0 Å². The molecule has 4 rings (SSSR count). The largest absolute Gasteiger partial charge is 0.328 e. The normalized spacial score (nSPS) is 20.2. The van der Waals surface area contributed by atoms with Crippen LogP contribution in [0.25, 0.3) is 10.2 Å². The lowest BCUT2D eigenvalue weighted by molar-refractivity contribution is -0.120. The molecular formula is C18H20N4O3S3. The molecule has 0 unspecified atom stereocenters. The molecule has 4 N–H and O–H groups in total. The fraction of sp³-hybridized carbons (Fsp3) is 0.333. The number of anilines is 2. The van der Waals surface area contributed by atoms with Crippen LogP contribution in [0, 0.1) is 5.92 Å². The number of benzene rings is 1. The van der Waals surface area contributed by atoms with E-state index in [0.29, 0.717) is 16.3 Å². The van der Waals surface area contributed by atoms with Gasteiger partial charge in [0, 0.05) is 12.0 Å². The summed E-state index contributed by atoms with van der Waals surface area (Å²) in [4.78, 5) is 16.9. The average molecular weight is 437 g/mol. The van der Waals surface area contributed by atoms with Gasteiger partial charge in [-0.1, -0.05) is 17.4 Å². The molecule has 0 aliphatic heterocycles. The highest BCUT2D eigenvalue weighted by Gasteiger charge is 2.25. The average Bonchev–Trinajstić information content (AvgIpc) is 3.31. The van der Waals surface area contributed by atoms with Gasteiger partial charge < -0.3 is 11.1 Å². The third-order valence-electron chi connectivity index (χ3n) is 4.77. The van der Waals surface area contributed by atoms with Crippen molar-refractivity contribution in [2.75, 3.05) is 10.0 Å². The molecule has 2 aromatic heterocycles. The van der Waals surface area contributed by atoms with Crippen molar-refractivity contribution in [1.82, 2.24) is 4.98 Å². The highest BCUT2D eigenvalue weighted by molar-refractivity contribution is 7.94. The highest BCUT2D eigenvalue weighted by atomic mass is 32.2. The number of thiazole rings is 1. The van der Waals surface area contributed by atoms with Gasteiger partial charge in [0.05, 0.1) is 15.9 Å². The van der Waals surface area contributed by atoms with Crippen molar-refractivity contribution in [3.05, 3.63) is 35.7 Å². The standard InChI is InChI=1S/C18H20N4O3S3/c19-12-5-3-11(4-6-12)17(23)21-18-20-14-8-7-13(10-15(14)27-18)22-28(24,25)16-2-1-9-26-16/h1-2,7-12,22H,3-6,19H2,(H,20,21,23). The van der Waals surface area contributed by atoms with Gasteiger partial charge in [0.1, 0.15) is 4.21 Å². The van der Waals surface area contributed by atoms with Crippen molar-refractivity contribution in [3.8, 4) is 0 Å². The fourth-order valence-electron chi connectivity index (χ4n) is 3.25. The number of amides is 1. The number of aromatic nitrogens is 1. The number of thiophene rings is 1. The lowest BCUT2D eigenvalue weighted by Gasteiger charge is -2.24. The van der Waals surface area contributed by atoms with E-state index in [9.17, 15) is 13.2 Å². The van der Waals surface area contributed by atoms with Crippen LogP contribution in [0.15, 0.2) is 39.9 Å². The Morgan fingerprint density at radius 3 is 2.68 bits per heavy atom. The Labute approximate surface area is 171 Å². The van der Waals surface area contributed by atoms with Crippen LogP contribution in [-0.2, 0) is 14.8 Å². The smallest absolute Gasteiger partial charge is 0.271 e. The van der Waals surface area contributed by atoms with E-state index < -0.39 is 10.0 Å². The van der Waals surface area contributed by atoms with Gasteiger partial charge in [-0.15, -0.1) is 11.3 Å². The van der Waals surface area contributed by atoms with Crippen LogP contribution in [0.2, 0.25) is 0 Å². The van der Waals surface area contributed by atoms with Crippen molar-refractivity contribution in [2.45, 2.75) is 35.9 Å². The second kappa shape index (κ2) is 7.78. The van der Waals surface area contributed by atoms with Crippen LogP contribution < -0.4 is 15.8 Å². The summed E-state index contributed by atoms with van der Waals surface area (Å²) < 4.78 is 28.4. The Balaban J connectivity index is 1.48. The molecule has 1 amide bonds. The summed E-state index contributed by atoms with van der Waals surface area (Å²) in [5.41, 5.74) is 7.07. The molecule has 0 saturated heterocycles. The maximum Gasteiger partial charge on any atom is 0.271 e. The number of nitrogens with zero attached hydrogens (tertiary/aromatic N) is 1. The molecule has 10 heteroatoms. The second-order valence-corrected chi connectivity index (χ2v) is 10.7. The van der Waals surface area contributed by atoms with E-state index in [4.69, 9.17) is 5.73 Å². The van der Waals surface area contributed by atoms with Gasteiger partial charge in [-0.3, -0.25) is 9.52 Å². The van der Waals surface area contributed by atoms with Crippen LogP contribution >= 0.6 is 22.7 Å². The molecular weight excluding hydrogens is 416 g/mol.